The highest BCUT2D eigenvalue weighted by molar-refractivity contribution is 5.99. The molecule has 0 bridgehead atoms. The highest BCUT2D eigenvalue weighted by Crippen LogP contribution is 2.40. The summed E-state index contributed by atoms with van der Waals surface area (Å²) in [5.74, 6) is -0.0206. The summed E-state index contributed by atoms with van der Waals surface area (Å²) in [4.78, 5) is 12.1. The lowest BCUT2D eigenvalue weighted by Crippen LogP contribution is -2.19. The van der Waals surface area contributed by atoms with Gasteiger partial charge in [0.2, 0.25) is 5.91 Å². The highest BCUT2D eigenvalue weighted by Gasteiger charge is 2.26. The van der Waals surface area contributed by atoms with Crippen LogP contribution in [-0.2, 0) is 4.79 Å². The molecule has 1 aromatic rings. The zero-order chi connectivity index (χ0) is 21.4. The van der Waals surface area contributed by atoms with E-state index in [2.05, 4.69) is 51.2 Å². The minimum Gasteiger partial charge on any atom is -0.508 e. The molecule has 0 aliphatic heterocycles. The topological polar surface area (TPSA) is 49.3 Å². The lowest BCUT2D eigenvalue weighted by atomic mass is 9.72. The van der Waals surface area contributed by atoms with Crippen LogP contribution >= 0.6 is 0 Å². The van der Waals surface area contributed by atoms with Crippen LogP contribution in [0.2, 0.25) is 0 Å². The van der Waals surface area contributed by atoms with Crippen LogP contribution in [0.4, 0.5) is 5.69 Å². The predicted molar refractivity (Wildman–Crippen MR) is 123 cm³/mol. The largest absolute Gasteiger partial charge is 0.508 e. The summed E-state index contributed by atoms with van der Waals surface area (Å²) < 4.78 is 0. The van der Waals surface area contributed by atoms with Gasteiger partial charge in [-0.3, -0.25) is 4.79 Å². The van der Waals surface area contributed by atoms with E-state index in [4.69, 9.17) is 0 Å². The quantitative estimate of drug-likeness (QED) is 0.316. The van der Waals surface area contributed by atoms with E-state index in [0.29, 0.717) is 5.69 Å². The summed E-state index contributed by atoms with van der Waals surface area (Å²) in [5.41, 5.74) is 5.89. The standard InChI is InChI=1S/C26H33NO2/c1-19(11-16-24-21(3)10-7-17-26(24,4)5)8-6-9-20(2)18-25(29)27-22-12-14-23(28)15-13-22/h6,8-9,11-16,18,28H,7,10,17H2,1-5H3,(H,27,29)/b9-6+,16-11-,19-8-,20-18+. The van der Waals surface area contributed by atoms with Gasteiger partial charge in [-0.15, -0.1) is 0 Å². The van der Waals surface area contributed by atoms with Crippen LogP contribution in [0.3, 0.4) is 0 Å². The number of phenols is 1. The Hall–Kier alpha value is -2.81. The molecular formula is C26H33NO2. The van der Waals surface area contributed by atoms with Gasteiger partial charge in [0.25, 0.3) is 0 Å². The van der Waals surface area contributed by atoms with Crippen LogP contribution in [0.15, 0.2) is 83.0 Å². The number of phenolic OH excluding ortho intramolecular Hbond substituents is 1. The maximum Gasteiger partial charge on any atom is 0.248 e. The van der Waals surface area contributed by atoms with E-state index in [0.717, 1.165) is 5.57 Å². The molecule has 2 rings (SSSR count). The second kappa shape index (κ2) is 10.1. The van der Waals surface area contributed by atoms with E-state index < -0.39 is 0 Å². The summed E-state index contributed by atoms with van der Waals surface area (Å²) in [7, 11) is 0. The Morgan fingerprint density at radius 2 is 1.79 bits per heavy atom. The third kappa shape index (κ3) is 7.26. The molecule has 154 valence electrons. The van der Waals surface area contributed by atoms with Crippen molar-refractivity contribution in [2.75, 3.05) is 5.32 Å². The summed E-state index contributed by atoms with van der Waals surface area (Å²) in [5, 5.41) is 12.1. The van der Waals surface area contributed by atoms with Crippen molar-refractivity contribution in [3.05, 3.63) is 83.0 Å². The van der Waals surface area contributed by atoms with Crippen molar-refractivity contribution in [2.24, 2.45) is 5.41 Å². The summed E-state index contributed by atoms with van der Waals surface area (Å²) in [6, 6.07) is 6.41. The Labute approximate surface area is 175 Å². The van der Waals surface area contributed by atoms with E-state index >= 15 is 0 Å². The van der Waals surface area contributed by atoms with Gasteiger partial charge < -0.3 is 10.4 Å². The van der Waals surface area contributed by atoms with E-state index in [-0.39, 0.29) is 17.1 Å². The number of carbonyl (C=O) groups excluding carboxylic acids is 1. The first-order valence-corrected chi connectivity index (χ1v) is 10.2. The fourth-order valence-corrected chi connectivity index (χ4v) is 3.61. The van der Waals surface area contributed by atoms with E-state index in [1.54, 1.807) is 30.3 Å². The fourth-order valence-electron chi connectivity index (χ4n) is 3.61. The molecule has 1 amide bonds. The van der Waals surface area contributed by atoms with Gasteiger partial charge >= 0.3 is 0 Å². The van der Waals surface area contributed by atoms with Crippen LogP contribution in [0.25, 0.3) is 0 Å². The van der Waals surface area contributed by atoms with Gasteiger partial charge in [-0.1, -0.05) is 55.4 Å². The molecular weight excluding hydrogens is 358 g/mol. The van der Waals surface area contributed by atoms with Crippen LogP contribution in [0.1, 0.15) is 53.9 Å². The molecule has 3 nitrogen and oxygen atoms in total. The van der Waals surface area contributed by atoms with Crippen molar-refractivity contribution >= 4 is 11.6 Å². The predicted octanol–water partition coefficient (Wildman–Crippen LogP) is 6.86. The average Bonchev–Trinajstić information content (AvgIpc) is 2.62. The maximum atomic E-state index is 12.1. The highest BCUT2D eigenvalue weighted by atomic mass is 16.3. The molecule has 0 spiro atoms. The second-order valence-electron chi connectivity index (χ2n) is 8.46. The number of aromatic hydroxyl groups is 1. The number of anilines is 1. The number of allylic oxidation sites excluding steroid dienone is 9. The first-order valence-electron chi connectivity index (χ1n) is 10.2. The first-order chi connectivity index (χ1) is 13.7. The number of nitrogens with one attached hydrogen (secondary N) is 1. The molecule has 1 aromatic carbocycles. The van der Waals surface area contributed by atoms with Crippen LogP contribution in [0, 0.1) is 5.41 Å². The van der Waals surface area contributed by atoms with Crippen LogP contribution in [0.5, 0.6) is 5.75 Å². The summed E-state index contributed by atoms with van der Waals surface area (Å²) >= 11 is 0. The summed E-state index contributed by atoms with van der Waals surface area (Å²) in [6.07, 6.45) is 15.6. The van der Waals surface area contributed by atoms with Crippen molar-refractivity contribution in [1.29, 1.82) is 0 Å². The fraction of sp³-hybridized carbons (Fsp3) is 0.346. The van der Waals surface area contributed by atoms with Gasteiger partial charge in [0.1, 0.15) is 5.75 Å². The molecule has 0 atom stereocenters. The molecule has 3 heteroatoms. The molecule has 0 saturated heterocycles. The molecule has 0 heterocycles. The molecule has 1 aliphatic rings. The number of benzene rings is 1. The van der Waals surface area contributed by atoms with Crippen molar-refractivity contribution in [2.45, 2.75) is 53.9 Å². The average molecular weight is 392 g/mol. The second-order valence-corrected chi connectivity index (χ2v) is 8.46. The number of rotatable bonds is 6. The van der Waals surface area contributed by atoms with Crippen LogP contribution in [-0.4, -0.2) is 11.0 Å². The van der Waals surface area contributed by atoms with Crippen molar-refractivity contribution < 1.29 is 9.90 Å². The van der Waals surface area contributed by atoms with E-state index in [1.165, 1.54) is 36.0 Å². The first kappa shape index (κ1) is 22.5. The van der Waals surface area contributed by atoms with E-state index in [1.807, 2.05) is 19.1 Å². The number of hydrogen-bond donors (Lipinski definition) is 2. The Balaban J connectivity index is 1.95. The van der Waals surface area contributed by atoms with E-state index in [9.17, 15) is 9.90 Å². The third-order valence-electron chi connectivity index (χ3n) is 5.27. The van der Waals surface area contributed by atoms with Gasteiger partial charge in [0.15, 0.2) is 0 Å². The van der Waals surface area contributed by atoms with Crippen molar-refractivity contribution in [3.63, 3.8) is 0 Å². The Bertz CT molecular complexity index is 878. The Morgan fingerprint density at radius 3 is 2.45 bits per heavy atom. The minimum atomic E-state index is -0.194. The van der Waals surface area contributed by atoms with Gasteiger partial charge in [-0.05, 0) is 80.9 Å². The van der Waals surface area contributed by atoms with Gasteiger partial charge in [-0.2, -0.15) is 0 Å². The number of amides is 1. The molecule has 0 aromatic heterocycles. The maximum absolute atomic E-state index is 12.1. The lowest BCUT2D eigenvalue weighted by Gasteiger charge is -2.32. The smallest absolute Gasteiger partial charge is 0.248 e. The Morgan fingerprint density at radius 1 is 1.10 bits per heavy atom. The zero-order valence-corrected chi connectivity index (χ0v) is 18.3. The summed E-state index contributed by atoms with van der Waals surface area (Å²) in [6.45, 7) is 10.9. The number of hydrogen-bond acceptors (Lipinski definition) is 2. The SMILES string of the molecule is CC1=C(\C=C/C(C)=C\C=C\C(C)=C\C(=O)Nc2ccc(O)cc2)C(C)(C)CCC1. The molecule has 2 N–H and O–H groups in total. The van der Waals surface area contributed by atoms with Crippen molar-refractivity contribution in [3.8, 4) is 5.75 Å². The molecule has 29 heavy (non-hydrogen) atoms. The minimum absolute atomic E-state index is 0.173. The van der Waals surface area contributed by atoms with Gasteiger partial charge in [0, 0.05) is 11.8 Å². The van der Waals surface area contributed by atoms with Crippen LogP contribution < -0.4 is 5.32 Å². The molecule has 1 aliphatic carbocycles. The molecule has 0 saturated carbocycles. The van der Waals surface area contributed by atoms with Gasteiger partial charge in [-0.25, -0.2) is 0 Å². The number of carbonyl (C=O) groups is 1. The lowest BCUT2D eigenvalue weighted by molar-refractivity contribution is -0.111. The van der Waals surface area contributed by atoms with Gasteiger partial charge in [0.05, 0.1) is 0 Å². The normalized spacial score (nSPS) is 18.0. The zero-order valence-electron chi connectivity index (χ0n) is 18.3. The molecule has 0 fully saturated rings. The molecule has 0 unspecified atom stereocenters. The Kier molecular flexibility index (Phi) is 7.83. The monoisotopic (exact) mass is 391 g/mol. The third-order valence-corrected chi connectivity index (χ3v) is 5.27. The molecule has 0 radical (unpaired) electrons. The van der Waals surface area contributed by atoms with Crippen molar-refractivity contribution in [1.82, 2.24) is 0 Å².